The number of nitrogens with two attached hydrogens (primary N) is 1. The van der Waals surface area contributed by atoms with Crippen molar-refractivity contribution >= 4 is 16.8 Å². The van der Waals surface area contributed by atoms with Crippen LogP contribution in [0.15, 0.2) is 29.2 Å². The molecule has 1 aromatic carbocycles. The summed E-state index contributed by atoms with van der Waals surface area (Å²) in [4.78, 5) is 0.680. The molecule has 0 amide bonds. The molecule has 1 atom stereocenters. The quantitative estimate of drug-likeness (QED) is 0.550. The second kappa shape index (κ2) is 4.76. The van der Waals surface area contributed by atoms with Crippen LogP contribution in [-0.4, -0.2) is 15.6 Å². The fourth-order valence-corrected chi connectivity index (χ4v) is 2.15. The summed E-state index contributed by atoms with van der Waals surface area (Å²) in [6, 6.07) is 6.82. The summed E-state index contributed by atoms with van der Waals surface area (Å²) in [5.74, 6) is 0.0149. The van der Waals surface area contributed by atoms with E-state index in [9.17, 15) is 4.21 Å². The van der Waals surface area contributed by atoms with Crippen LogP contribution in [0.4, 0.5) is 0 Å². The summed E-state index contributed by atoms with van der Waals surface area (Å²) in [6.07, 6.45) is 0. The van der Waals surface area contributed by atoms with Crippen LogP contribution < -0.4 is 10.5 Å². The van der Waals surface area contributed by atoms with E-state index in [1.807, 2.05) is 20.8 Å². The molecule has 0 fully saturated rings. The van der Waals surface area contributed by atoms with Gasteiger partial charge in [-0.3, -0.25) is 5.41 Å². The number of amidine groups is 1. The van der Waals surface area contributed by atoms with Crippen molar-refractivity contribution in [3.8, 4) is 0 Å². The van der Waals surface area contributed by atoms with Crippen molar-refractivity contribution in [2.45, 2.75) is 31.2 Å². The molecule has 1 aromatic rings. The van der Waals surface area contributed by atoms with Crippen molar-refractivity contribution < 1.29 is 4.21 Å². The van der Waals surface area contributed by atoms with Crippen LogP contribution in [0.2, 0.25) is 0 Å². The number of hydrogen-bond acceptors (Lipinski definition) is 2. The molecule has 1 unspecified atom stereocenters. The van der Waals surface area contributed by atoms with E-state index in [0.29, 0.717) is 10.5 Å². The second-order valence-electron chi connectivity index (χ2n) is 4.56. The van der Waals surface area contributed by atoms with Crippen LogP contribution in [0.5, 0.6) is 0 Å². The number of rotatable bonds is 3. The summed E-state index contributed by atoms with van der Waals surface area (Å²) in [6.45, 7) is 5.86. The minimum atomic E-state index is -1.24. The molecule has 0 aliphatic heterocycles. The van der Waals surface area contributed by atoms with Gasteiger partial charge in [0, 0.05) is 11.1 Å². The highest BCUT2D eigenvalue weighted by atomic mass is 32.2. The lowest BCUT2D eigenvalue weighted by molar-refractivity contribution is 0.519. The van der Waals surface area contributed by atoms with E-state index in [0.717, 1.165) is 0 Å². The van der Waals surface area contributed by atoms with Gasteiger partial charge < -0.3 is 5.73 Å². The maximum Gasteiger partial charge on any atom is 0.125 e. The molecule has 0 bridgehead atoms. The molecule has 0 spiro atoms. The third-order valence-electron chi connectivity index (χ3n) is 1.78. The molecule has 0 saturated heterocycles. The maximum absolute atomic E-state index is 11.9. The van der Waals surface area contributed by atoms with E-state index in [4.69, 9.17) is 11.1 Å². The first-order valence-electron chi connectivity index (χ1n) is 4.93. The molecule has 1 rings (SSSR count). The summed E-state index contributed by atoms with van der Waals surface area (Å²) in [5, 5.41) is 7.24. The molecule has 88 valence electrons. The number of hydrogen-bond donors (Lipinski definition) is 3. The third kappa shape index (κ3) is 3.75. The molecule has 4 N–H and O–H groups in total. The first kappa shape index (κ1) is 12.9. The van der Waals surface area contributed by atoms with Crippen molar-refractivity contribution in [1.82, 2.24) is 4.72 Å². The fourth-order valence-electron chi connectivity index (χ4n) is 1.10. The molecular weight excluding hydrogens is 222 g/mol. The summed E-state index contributed by atoms with van der Waals surface area (Å²) in [5.41, 5.74) is 5.76. The molecular formula is C11H17N3OS. The molecule has 0 saturated carbocycles. The Hall–Kier alpha value is -1.20. The van der Waals surface area contributed by atoms with Crippen LogP contribution in [-0.2, 0) is 11.0 Å². The Morgan fingerprint density at radius 3 is 2.19 bits per heavy atom. The third-order valence-corrected chi connectivity index (χ3v) is 3.28. The Bertz CT molecular complexity index is 406. The van der Waals surface area contributed by atoms with E-state index >= 15 is 0 Å². The second-order valence-corrected chi connectivity index (χ2v) is 5.77. The van der Waals surface area contributed by atoms with Crippen molar-refractivity contribution in [2.24, 2.45) is 5.73 Å². The average Bonchev–Trinajstić information content (AvgIpc) is 2.15. The lowest BCUT2D eigenvalue weighted by atomic mass is 10.1. The Labute approximate surface area is 98.3 Å². The zero-order valence-electron chi connectivity index (χ0n) is 9.70. The topological polar surface area (TPSA) is 79.0 Å². The van der Waals surface area contributed by atoms with Crippen molar-refractivity contribution in [3.63, 3.8) is 0 Å². The van der Waals surface area contributed by atoms with Crippen molar-refractivity contribution in [3.05, 3.63) is 29.8 Å². The Morgan fingerprint density at radius 1 is 1.31 bits per heavy atom. The minimum Gasteiger partial charge on any atom is -0.384 e. The number of nitrogens with one attached hydrogen (secondary N) is 2. The summed E-state index contributed by atoms with van der Waals surface area (Å²) in [7, 11) is -1.24. The molecule has 0 heterocycles. The maximum atomic E-state index is 11.9. The van der Waals surface area contributed by atoms with Gasteiger partial charge >= 0.3 is 0 Å². The first-order chi connectivity index (χ1) is 7.29. The van der Waals surface area contributed by atoms with Gasteiger partial charge in [0.15, 0.2) is 0 Å². The number of nitrogen functional groups attached to an aromatic ring is 1. The van der Waals surface area contributed by atoms with Gasteiger partial charge in [-0.05, 0) is 32.9 Å². The van der Waals surface area contributed by atoms with E-state index in [2.05, 4.69) is 4.72 Å². The van der Waals surface area contributed by atoms with Gasteiger partial charge in [0.25, 0.3) is 0 Å². The Morgan fingerprint density at radius 2 is 1.81 bits per heavy atom. The van der Waals surface area contributed by atoms with Crippen LogP contribution >= 0.6 is 0 Å². The summed E-state index contributed by atoms with van der Waals surface area (Å²) < 4.78 is 14.8. The van der Waals surface area contributed by atoms with Gasteiger partial charge in [-0.2, -0.15) is 0 Å². The summed E-state index contributed by atoms with van der Waals surface area (Å²) >= 11 is 0. The van der Waals surface area contributed by atoms with Gasteiger partial charge in [-0.25, -0.2) is 8.93 Å². The highest BCUT2D eigenvalue weighted by molar-refractivity contribution is 7.83. The lowest BCUT2D eigenvalue weighted by Gasteiger charge is -2.19. The van der Waals surface area contributed by atoms with Gasteiger partial charge in [-0.1, -0.05) is 12.1 Å². The molecule has 0 radical (unpaired) electrons. The smallest absolute Gasteiger partial charge is 0.125 e. The van der Waals surface area contributed by atoms with E-state index < -0.39 is 11.0 Å². The Balaban J connectivity index is 2.82. The molecule has 0 aliphatic rings. The van der Waals surface area contributed by atoms with Crippen LogP contribution in [0.3, 0.4) is 0 Å². The minimum absolute atomic E-state index is 0.0149. The first-order valence-corrected chi connectivity index (χ1v) is 6.08. The largest absolute Gasteiger partial charge is 0.384 e. The molecule has 0 aliphatic carbocycles. The van der Waals surface area contributed by atoms with Crippen molar-refractivity contribution in [1.29, 1.82) is 5.41 Å². The molecule has 0 aromatic heterocycles. The SMILES string of the molecule is CC(C)(C)NS(=O)c1ccc(C(=N)N)cc1. The van der Waals surface area contributed by atoms with E-state index in [1.54, 1.807) is 24.3 Å². The van der Waals surface area contributed by atoms with E-state index in [1.165, 1.54) is 0 Å². The van der Waals surface area contributed by atoms with Crippen LogP contribution in [0.25, 0.3) is 0 Å². The zero-order chi connectivity index (χ0) is 12.3. The number of benzene rings is 1. The molecule has 5 heteroatoms. The highest BCUT2D eigenvalue weighted by Gasteiger charge is 2.14. The normalized spacial score (nSPS) is 13.4. The van der Waals surface area contributed by atoms with Crippen LogP contribution in [0, 0.1) is 5.41 Å². The van der Waals surface area contributed by atoms with Gasteiger partial charge in [0.2, 0.25) is 0 Å². The van der Waals surface area contributed by atoms with Crippen LogP contribution in [0.1, 0.15) is 26.3 Å². The standard InChI is InChI=1S/C11H17N3OS/c1-11(2,3)14-16(15)9-6-4-8(5-7-9)10(12)13/h4-7,14H,1-3H3,(H3,12,13). The van der Waals surface area contributed by atoms with E-state index in [-0.39, 0.29) is 11.4 Å². The monoisotopic (exact) mass is 239 g/mol. The highest BCUT2D eigenvalue weighted by Crippen LogP contribution is 2.10. The Kier molecular flexibility index (Phi) is 3.83. The fraction of sp³-hybridized carbons (Fsp3) is 0.364. The van der Waals surface area contributed by atoms with Gasteiger partial charge in [0.1, 0.15) is 16.8 Å². The van der Waals surface area contributed by atoms with Crippen molar-refractivity contribution in [2.75, 3.05) is 0 Å². The van der Waals surface area contributed by atoms with Gasteiger partial charge in [0.05, 0.1) is 4.90 Å². The average molecular weight is 239 g/mol. The predicted molar refractivity (Wildman–Crippen MR) is 66.8 cm³/mol. The zero-order valence-corrected chi connectivity index (χ0v) is 10.5. The molecule has 4 nitrogen and oxygen atoms in total. The van der Waals surface area contributed by atoms with Gasteiger partial charge in [-0.15, -0.1) is 0 Å². The molecule has 16 heavy (non-hydrogen) atoms. The predicted octanol–water partition coefficient (Wildman–Crippen LogP) is 1.38. The lowest BCUT2D eigenvalue weighted by Crippen LogP contribution is -2.37.